The first-order valence-corrected chi connectivity index (χ1v) is 8.28. The zero-order chi connectivity index (χ0) is 20.7. The summed E-state index contributed by atoms with van der Waals surface area (Å²) in [5.74, 6) is -2.88. The quantitative estimate of drug-likeness (QED) is 0.186. The Labute approximate surface area is 156 Å². The monoisotopic (exact) mass is 386 g/mol. The van der Waals surface area contributed by atoms with Crippen LogP contribution in [0.3, 0.4) is 0 Å². The fourth-order valence-corrected chi connectivity index (χ4v) is 1.49. The standard InChI is InChI=1S/C15H26N6O6/c1-3-16-5-11(23)18-7-13(25)20-9-15(27)21-8-14(26)19-6-12(24)17-4-10(2)22/h16H,3-9H2,1-2H3,(H,17,24)(H,18,23)(H,19,26)(H,20,25)(H,21,27). The molecule has 0 unspecified atom stereocenters. The lowest BCUT2D eigenvalue weighted by atomic mass is 10.4. The van der Waals surface area contributed by atoms with Crippen LogP contribution in [0.15, 0.2) is 0 Å². The summed E-state index contributed by atoms with van der Waals surface area (Å²) < 4.78 is 0. The summed E-state index contributed by atoms with van der Waals surface area (Å²) in [5.41, 5.74) is 0. The molecule has 6 N–H and O–H groups in total. The number of amides is 5. The molecule has 0 aliphatic heterocycles. The maximum Gasteiger partial charge on any atom is 0.239 e. The zero-order valence-corrected chi connectivity index (χ0v) is 15.4. The number of Topliss-reactive ketones (excluding diaryl/α,β-unsaturated/α-hetero) is 1. The molecular weight excluding hydrogens is 360 g/mol. The van der Waals surface area contributed by atoms with Gasteiger partial charge in [-0.3, -0.25) is 28.8 Å². The first kappa shape index (κ1) is 24.0. The van der Waals surface area contributed by atoms with Crippen molar-refractivity contribution in [2.45, 2.75) is 13.8 Å². The highest BCUT2D eigenvalue weighted by atomic mass is 16.2. The van der Waals surface area contributed by atoms with Crippen LogP contribution < -0.4 is 31.9 Å². The second-order valence-corrected chi connectivity index (χ2v) is 5.37. The summed E-state index contributed by atoms with van der Waals surface area (Å²) in [7, 11) is 0. The van der Waals surface area contributed by atoms with Crippen molar-refractivity contribution in [1.29, 1.82) is 0 Å². The highest BCUT2D eigenvalue weighted by Crippen LogP contribution is 1.72. The summed E-state index contributed by atoms with van der Waals surface area (Å²) in [6, 6.07) is 0. The number of nitrogens with one attached hydrogen (secondary N) is 6. The number of hydrogen-bond donors (Lipinski definition) is 6. The molecule has 0 aliphatic rings. The highest BCUT2D eigenvalue weighted by molar-refractivity contribution is 5.91. The van der Waals surface area contributed by atoms with Crippen molar-refractivity contribution in [3.05, 3.63) is 0 Å². The summed E-state index contributed by atoms with van der Waals surface area (Å²) >= 11 is 0. The van der Waals surface area contributed by atoms with Crippen LogP contribution in [0.5, 0.6) is 0 Å². The first-order valence-electron chi connectivity index (χ1n) is 8.28. The molecule has 0 aliphatic carbocycles. The van der Waals surface area contributed by atoms with Gasteiger partial charge in [0.1, 0.15) is 5.78 Å². The molecule has 0 aromatic rings. The minimum absolute atomic E-state index is 0.0894. The molecular formula is C15H26N6O6. The van der Waals surface area contributed by atoms with Gasteiger partial charge >= 0.3 is 0 Å². The fraction of sp³-hybridized carbons (Fsp3) is 0.600. The summed E-state index contributed by atoms with van der Waals surface area (Å²) in [6.45, 7) is 2.39. The van der Waals surface area contributed by atoms with E-state index in [4.69, 9.17) is 0 Å². The van der Waals surface area contributed by atoms with Gasteiger partial charge in [-0.25, -0.2) is 0 Å². The van der Waals surface area contributed by atoms with Crippen molar-refractivity contribution in [1.82, 2.24) is 31.9 Å². The van der Waals surface area contributed by atoms with Crippen LogP contribution in [0.1, 0.15) is 13.8 Å². The number of carbonyl (C=O) groups excluding carboxylic acids is 6. The Morgan fingerprint density at radius 2 is 0.815 bits per heavy atom. The lowest BCUT2D eigenvalue weighted by molar-refractivity contribution is -0.129. The van der Waals surface area contributed by atoms with Crippen molar-refractivity contribution in [2.75, 3.05) is 45.8 Å². The number of rotatable bonds is 13. The van der Waals surface area contributed by atoms with Gasteiger partial charge in [-0.1, -0.05) is 6.92 Å². The summed E-state index contributed by atoms with van der Waals surface area (Å²) in [5, 5.41) is 14.2. The lowest BCUT2D eigenvalue weighted by Crippen LogP contribution is -2.46. The Kier molecular flexibility index (Phi) is 12.6. The second kappa shape index (κ2) is 14.2. The number of likely N-dealkylation sites (N-methyl/N-ethyl adjacent to an activating group) is 1. The van der Waals surface area contributed by atoms with Gasteiger partial charge in [-0.15, -0.1) is 0 Å². The van der Waals surface area contributed by atoms with Crippen LogP contribution in [0.4, 0.5) is 0 Å². The molecule has 0 atom stereocenters. The van der Waals surface area contributed by atoms with Gasteiger partial charge in [0.2, 0.25) is 29.5 Å². The predicted molar refractivity (Wildman–Crippen MR) is 94.3 cm³/mol. The highest BCUT2D eigenvalue weighted by Gasteiger charge is 2.10. The minimum atomic E-state index is -0.612. The Morgan fingerprint density at radius 1 is 0.519 bits per heavy atom. The largest absolute Gasteiger partial charge is 0.348 e. The van der Waals surface area contributed by atoms with E-state index in [1.165, 1.54) is 6.92 Å². The molecule has 152 valence electrons. The zero-order valence-electron chi connectivity index (χ0n) is 15.4. The summed E-state index contributed by atoms with van der Waals surface area (Å²) in [6.07, 6.45) is 0. The smallest absolute Gasteiger partial charge is 0.239 e. The average Bonchev–Trinajstić information content (AvgIpc) is 2.63. The molecule has 12 heteroatoms. The van der Waals surface area contributed by atoms with E-state index in [1.807, 2.05) is 6.92 Å². The van der Waals surface area contributed by atoms with E-state index < -0.39 is 23.6 Å². The van der Waals surface area contributed by atoms with Crippen molar-refractivity contribution in [3.63, 3.8) is 0 Å². The van der Waals surface area contributed by atoms with Gasteiger partial charge < -0.3 is 31.9 Å². The maximum atomic E-state index is 11.5. The van der Waals surface area contributed by atoms with Crippen LogP contribution in [-0.2, 0) is 28.8 Å². The Morgan fingerprint density at radius 3 is 1.11 bits per heavy atom. The van der Waals surface area contributed by atoms with Gasteiger partial charge in [-0.2, -0.15) is 0 Å². The van der Waals surface area contributed by atoms with Crippen molar-refractivity contribution < 1.29 is 28.8 Å². The van der Waals surface area contributed by atoms with E-state index in [0.29, 0.717) is 6.54 Å². The molecule has 0 spiro atoms. The van der Waals surface area contributed by atoms with E-state index in [2.05, 4.69) is 31.9 Å². The van der Waals surface area contributed by atoms with Gasteiger partial charge in [0.25, 0.3) is 0 Å². The molecule has 0 bridgehead atoms. The van der Waals surface area contributed by atoms with Crippen LogP contribution in [0.2, 0.25) is 0 Å². The van der Waals surface area contributed by atoms with Crippen molar-refractivity contribution in [2.24, 2.45) is 0 Å². The van der Waals surface area contributed by atoms with E-state index in [1.54, 1.807) is 0 Å². The van der Waals surface area contributed by atoms with Crippen molar-refractivity contribution >= 4 is 35.3 Å². The van der Waals surface area contributed by atoms with Crippen LogP contribution >= 0.6 is 0 Å². The van der Waals surface area contributed by atoms with E-state index in [9.17, 15) is 28.8 Å². The van der Waals surface area contributed by atoms with Gasteiger partial charge in [0.15, 0.2) is 0 Å². The molecule has 5 amide bonds. The third-order valence-electron chi connectivity index (χ3n) is 2.85. The Bertz CT molecular complexity index is 565. The SMILES string of the molecule is CCNCC(=O)NCC(=O)NCC(=O)NCC(=O)NCC(=O)NCC(C)=O. The third kappa shape index (κ3) is 15.0. The molecule has 0 radical (unpaired) electrons. The molecule has 0 aromatic heterocycles. The Balaban J connectivity index is 3.82. The number of hydrogen-bond acceptors (Lipinski definition) is 7. The third-order valence-corrected chi connectivity index (χ3v) is 2.85. The molecule has 12 nitrogen and oxygen atoms in total. The molecule has 0 saturated carbocycles. The maximum absolute atomic E-state index is 11.5. The van der Waals surface area contributed by atoms with Crippen molar-refractivity contribution in [3.8, 4) is 0 Å². The van der Waals surface area contributed by atoms with Crippen LogP contribution in [0, 0.1) is 0 Å². The number of carbonyl (C=O) groups is 6. The number of ketones is 1. The second-order valence-electron chi connectivity index (χ2n) is 5.37. The van der Waals surface area contributed by atoms with E-state index in [-0.39, 0.29) is 51.0 Å². The van der Waals surface area contributed by atoms with E-state index >= 15 is 0 Å². The minimum Gasteiger partial charge on any atom is -0.348 e. The normalized spacial score (nSPS) is 9.70. The topological polar surface area (TPSA) is 175 Å². The lowest BCUT2D eigenvalue weighted by Gasteiger charge is -2.09. The van der Waals surface area contributed by atoms with E-state index in [0.717, 1.165) is 0 Å². The molecule has 0 rings (SSSR count). The summed E-state index contributed by atoms with van der Waals surface area (Å²) in [4.78, 5) is 67.7. The van der Waals surface area contributed by atoms with Crippen LogP contribution in [0.25, 0.3) is 0 Å². The van der Waals surface area contributed by atoms with Gasteiger partial charge in [0.05, 0.1) is 39.3 Å². The molecule has 0 heterocycles. The molecule has 0 saturated heterocycles. The van der Waals surface area contributed by atoms with Gasteiger partial charge in [0, 0.05) is 0 Å². The molecule has 27 heavy (non-hydrogen) atoms. The average molecular weight is 386 g/mol. The fourth-order valence-electron chi connectivity index (χ4n) is 1.49. The van der Waals surface area contributed by atoms with Gasteiger partial charge in [-0.05, 0) is 13.5 Å². The van der Waals surface area contributed by atoms with Crippen LogP contribution in [-0.4, -0.2) is 81.1 Å². The first-order chi connectivity index (χ1) is 12.7. The molecule has 0 fully saturated rings. The predicted octanol–water partition coefficient (Wildman–Crippen LogP) is -4.23. The Hall–Kier alpha value is -3.02. The molecule has 0 aromatic carbocycles.